The summed E-state index contributed by atoms with van der Waals surface area (Å²) >= 11 is 0. The van der Waals surface area contributed by atoms with Gasteiger partial charge in [0.25, 0.3) is 0 Å². The lowest BCUT2D eigenvalue weighted by Crippen LogP contribution is -2.37. The number of ether oxygens (including phenoxy) is 2. The molecule has 0 radical (unpaired) electrons. The second kappa shape index (κ2) is 13.5. The molecule has 3 aromatic carbocycles. The SMILES string of the molecule is CCCCN(Cc1ccc(N=C(c2ccccc2)C2C(=O)Nc3cc(C(=O)OCC)ccc32)cc1)C(=O)OC(C)(C)C. The second-order valence-corrected chi connectivity index (χ2v) is 11.2. The van der Waals surface area contributed by atoms with E-state index in [1.807, 2.05) is 75.4 Å². The van der Waals surface area contributed by atoms with Gasteiger partial charge in [0.1, 0.15) is 11.5 Å². The number of unbranched alkanes of at least 4 members (excludes halogenated alkanes) is 1. The van der Waals surface area contributed by atoms with Crippen molar-refractivity contribution in [3.05, 3.63) is 95.1 Å². The molecule has 1 N–H and O–H groups in total. The number of aliphatic imine (C=N–C) groups is 1. The van der Waals surface area contributed by atoms with Crippen molar-refractivity contribution < 1.29 is 23.9 Å². The number of fused-ring (bicyclic) bond motifs is 1. The van der Waals surface area contributed by atoms with E-state index in [4.69, 9.17) is 14.5 Å². The molecule has 0 spiro atoms. The summed E-state index contributed by atoms with van der Waals surface area (Å²) in [6, 6.07) is 22.4. The van der Waals surface area contributed by atoms with E-state index >= 15 is 0 Å². The van der Waals surface area contributed by atoms with Gasteiger partial charge in [-0.3, -0.25) is 9.79 Å². The van der Waals surface area contributed by atoms with Crippen molar-refractivity contribution >= 4 is 35.1 Å². The number of rotatable bonds is 10. The third-order valence-corrected chi connectivity index (χ3v) is 6.73. The van der Waals surface area contributed by atoms with Crippen LogP contribution in [0.5, 0.6) is 0 Å². The van der Waals surface area contributed by atoms with Gasteiger partial charge in [-0.1, -0.05) is 61.9 Å². The van der Waals surface area contributed by atoms with Gasteiger partial charge in [-0.25, -0.2) is 9.59 Å². The number of hydrogen-bond donors (Lipinski definition) is 1. The maximum Gasteiger partial charge on any atom is 0.410 e. The molecule has 42 heavy (non-hydrogen) atoms. The van der Waals surface area contributed by atoms with Crippen LogP contribution in [0.15, 0.2) is 77.8 Å². The standard InChI is InChI=1S/C34H39N3O5/c1-6-8-20-37(33(40)42-34(3,4)5)22-23-14-17-26(18-15-23)35-30(24-12-10-9-11-13-24)29-27-19-16-25(32(39)41-7-2)21-28(27)36-31(29)38/h9-19,21,29H,6-8,20,22H2,1-5H3,(H,36,38). The van der Waals surface area contributed by atoms with E-state index < -0.39 is 17.5 Å². The van der Waals surface area contributed by atoms with Crippen LogP contribution in [0.3, 0.4) is 0 Å². The van der Waals surface area contributed by atoms with Crippen molar-refractivity contribution in [1.29, 1.82) is 0 Å². The van der Waals surface area contributed by atoms with Gasteiger partial charge in [-0.2, -0.15) is 0 Å². The van der Waals surface area contributed by atoms with Crippen LogP contribution in [-0.2, 0) is 20.8 Å². The van der Waals surface area contributed by atoms with Crippen molar-refractivity contribution in [2.75, 3.05) is 18.5 Å². The zero-order chi connectivity index (χ0) is 30.3. The van der Waals surface area contributed by atoms with E-state index in [9.17, 15) is 14.4 Å². The van der Waals surface area contributed by atoms with Crippen molar-refractivity contribution in [3.8, 4) is 0 Å². The van der Waals surface area contributed by atoms with Crippen LogP contribution in [0.25, 0.3) is 0 Å². The van der Waals surface area contributed by atoms with Gasteiger partial charge in [-0.05, 0) is 75.1 Å². The Morgan fingerprint density at radius 3 is 2.31 bits per heavy atom. The third kappa shape index (κ3) is 7.63. The molecule has 8 nitrogen and oxygen atoms in total. The molecule has 8 heteroatoms. The van der Waals surface area contributed by atoms with Gasteiger partial charge in [0, 0.05) is 18.8 Å². The minimum atomic E-state index is -0.657. The first-order valence-electron chi connectivity index (χ1n) is 14.4. The Balaban J connectivity index is 1.63. The zero-order valence-corrected chi connectivity index (χ0v) is 25.0. The number of benzene rings is 3. The van der Waals surface area contributed by atoms with E-state index in [1.165, 1.54) is 0 Å². The second-order valence-electron chi connectivity index (χ2n) is 11.2. The lowest BCUT2D eigenvalue weighted by molar-refractivity contribution is -0.115. The topological polar surface area (TPSA) is 97.3 Å². The summed E-state index contributed by atoms with van der Waals surface area (Å²) in [5.41, 5.74) is 4.18. The Morgan fingerprint density at radius 1 is 0.952 bits per heavy atom. The molecule has 4 rings (SSSR count). The molecule has 1 heterocycles. The highest BCUT2D eigenvalue weighted by Gasteiger charge is 2.36. The maximum absolute atomic E-state index is 13.3. The fourth-order valence-corrected chi connectivity index (χ4v) is 4.73. The van der Waals surface area contributed by atoms with Crippen LogP contribution in [0, 0.1) is 0 Å². The number of nitrogens with zero attached hydrogens (tertiary/aromatic N) is 2. The van der Waals surface area contributed by atoms with E-state index in [1.54, 1.807) is 30.0 Å². The summed E-state index contributed by atoms with van der Waals surface area (Å²) in [5.74, 6) is -1.31. The van der Waals surface area contributed by atoms with E-state index in [-0.39, 0.29) is 18.6 Å². The van der Waals surface area contributed by atoms with E-state index in [2.05, 4.69) is 12.2 Å². The predicted molar refractivity (Wildman–Crippen MR) is 164 cm³/mol. The monoisotopic (exact) mass is 569 g/mol. The largest absolute Gasteiger partial charge is 0.462 e. The normalized spacial score (nSPS) is 14.6. The van der Waals surface area contributed by atoms with Crippen molar-refractivity contribution in [1.82, 2.24) is 4.90 Å². The van der Waals surface area contributed by atoms with Crippen molar-refractivity contribution in [2.24, 2.45) is 4.99 Å². The first-order chi connectivity index (χ1) is 20.1. The summed E-state index contributed by atoms with van der Waals surface area (Å²) in [6.45, 7) is 10.7. The van der Waals surface area contributed by atoms with Crippen LogP contribution >= 0.6 is 0 Å². The minimum Gasteiger partial charge on any atom is -0.462 e. The highest BCUT2D eigenvalue weighted by Crippen LogP contribution is 2.37. The number of amides is 2. The number of nitrogens with one attached hydrogen (secondary N) is 1. The van der Waals surface area contributed by atoms with Crippen LogP contribution in [0.4, 0.5) is 16.2 Å². The molecule has 0 aliphatic carbocycles. The van der Waals surface area contributed by atoms with Crippen LogP contribution in [-0.4, -0.2) is 47.3 Å². The number of carbonyl (C=O) groups is 3. The van der Waals surface area contributed by atoms with Crippen LogP contribution < -0.4 is 5.32 Å². The molecule has 1 atom stereocenters. The molecule has 2 amide bonds. The van der Waals surface area contributed by atoms with E-state index in [0.717, 1.165) is 29.5 Å². The van der Waals surface area contributed by atoms with Crippen molar-refractivity contribution in [3.63, 3.8) is 0 Å². The van der Waals surface area contributed by atoms with Gasteiger partial charge in [0.15, 0.2) is 0 Å². The van der Waals surface area contributed by atoms with Crippen LogP contribution in [0.1, 0.15) is 80.4 Å². The van der Waals surface area contributed by atoms with Crippen molar-refractivity contribution in [2.45, 2.75) is 65.5 Å². The Labute approximate surface area is 247 Å². The number of carbonyl (C=O) groups excluding carboxylic acids is 3. The highest BCUT2D eigenvalue weighted by molar-refractivity contribution is 6.24. The molecular weight excluding hydrogens is 530 g/mol. The lowest BCUT2D eigenvalue weighted by atomic mass is 9.90. The van der Waals surface area contributed by atoms with Gasteiger partial charge in [0.05, 0.1) is 23.6 Å². The third-order valence-electron chi connectivity index (χ3n) is 6.73. The smallest absolute Gasteiger partial charge is 0.410 e. The first-order valence-corrected chi connectivity index (χ1v) is 14.4. The summed E-state index contributed by atoms with van der Waals surface area (Å²) in [7, 11) is 0. The molecule has 0 bridgehead atoms. The summed E-state index contributed by atoms with van der Waals surface area (Å²) in [4.78, 5) is 45.1. The van der Waals surface area contributed by atoms with Gasteiger partial charge in [-0.15, -0.1) is 0 Å². The molecule has 1 unspecified atom stereocenters. The average Bonchev–Trinajstić information content (AvgIpc) is 3.29. The molecule has 1 aliphatic rings. The molecular formula is C34H39N3O5. The molecule has 220 valence electrons. The lowest BCUT2D eigenvalue weighted by Gasteiger charge is -2.27. The molecule has 0 fully saturated rings. The summed E-state index contributed by atoms with van der Waals surface area (Å²) in [6.07, 6.45) is 1.52. The average molecular weight is 570 g/mol. The predicted octanol–water partition coefficient (Wildman–Crippen LogP) is 7.26. The van der Waals surface area contributed by atoms with Crippen LogP contribution in [0.2, 0.25) is 0 Å². The highest BCUT2D eigenvalue weighted by atomic mass is 16.6. The van der Waals surface area contributed by atoms with E-state index in [0.29, 0.717) is 35.7 Å². The molecule has 1 aliphatic heterocycles. The first kappa shape index (κ1) is 30.5. The Hall–Kier alpha value is -4.46. The maximum atomic E-state index is 13.3. The molecule has 0 saturated heterocycles. The van der Waals surface area contributed by atoms with Gasteiger partial charge in [0.2, 0.25) is 5.91 Å². The molecule has 0 saturated carbocycles. The number of anilines is 1. The minimum absolute atomic E-state index is 0.214. The summed E-state index contributed by atoms with van der Waals surface area (Å²) < 4.78 is 10.7. The van der Waals surface area contributed by atoms with Gasteiger partial charge < -0.3 is 19.7 Å². The fraction of sp³-hybridized carbons (Fsp3) is 0.353. The summed E-state index contributed by atoms with van der Waals surface area (Å²) in [5, 5.41) is 2.92. The molecule has 3 aromatic rings. The number of esters is 1. The Kier molecular flexibility index (Phi) is 9.78. The fourth-order valence-electron chi connectivity index (χ4n) is 4.73. The molecule has 0 aromatic heterocycles. The Morgan fingerprint density at radius 2 is 1.67 bits per heavy atom. The number of hydrogen-bond acceptors (Lipinski definition) is 6. The van der Waals surface area contributed by atoms with Gasteiger partial charge >= 0.3 is 12.1 Å². The quantitative estimate of drug-likeness (QED) is 0.205. The Bertz CT molecular complexity index is 1440. The zero-order valence-electron chi connectivity index (χ0n) is 25.0.